The summed E-state index contributed by atoms with van der Waals surface area (Å²) in [5.74, 6) is 2.48. The molecule has 2 aromatic heterocycles. The third kappa shape index (κ3) is 2.98. The largest absolute Gasteiger partial charge is 0.363 e. The smallest absolute Gasteiger partial charge is 0.148 e. The first-order valence-electron chi connectivity index (χ1n) is 5.74. The van der Waals surface area contributed by atoms with E-state index in [-0.39, 0.29) is 0 Å². The molecule has 0 unspecified atom stereocenters. The van der Waals surface area contributed by atoms with Crippen molar-refractivity contribution in [2.24, 2.45) is 0 Å². The minimum Gasteiger partial charge on any atom is -0.363 e. The SMILES string of the molecule is Cc1ncc(Cl)c(NCc2cc(C(C)C)on2)n1. The molecule has 0 saturated carbocycles. The maximum Gasteiger partial charge on any atom is 0.148 e. The van der Waals surface area contributed by atoms with Crippen molar-refractivity contribution >= 4 is 17.4 Å². The van der Waals surface area contributed by atoms with Crippen molar-refractivity contribution in [3.05, 3.63) is 34.6 Å². The van der Waals surface area contributed by atoms with E-state index in [0.717, 1.165) is 11.5 Å². The predicted octanol–water partition coefficient (Wildman–Crippen LogP) is 3.16. The van der Waals surface area contributed by atoms with Gasteiger partial charge in [-0.05, 0) is 6.92 Å². The molecule has 1 N–H and O–H groups in total. The van der Waals surface area contributed by atoms with Gasteiger partial charge in [-0.15, -0.1) is 0 Å². The summed E-state index contributed by atoms with van der Waals surface area (Å²) in [6.07, 6.45) is 1.58. The number of anilines is 1. The molecule has 2 heterocycles. The third-order valence-corrected chi connectivity index (χ3v) is 2.72. The number of halogens is 1. The van der Waals surface area contributed by atoms with Crippen molar-refractivity contribution in [3.63, 3.8) is 0 Å². The van der Waals surface area contributed by atoms with Crippen LogP contribution in [-0.4, -0.2) is 15.1 Å². The Bertz CT molecular complexity index is 539. The van der Waals surface area contributed by atoms with Crippen LogP contribution in [-0.2, 0) is 6.54 Å². The molecule has 0 aliphatic carbocycles. The van der Waals surface area contributed by atoms with Gasteiger partial charge in [-0.2, -0.15) is 0 Å². The Morgan fingerprint density at radius 1 is 1.44 bits per heavy atom. The normalized spacial score (nSPS) is 10.9. The molecule has 5 nitrogen and oxygen atoms in total. The number of hydrogen-bond donors (Lipinski definition) is 1. The zero-order valence-electron chi connectivity index (χ0n) is 10.6. The average molecular weight is 267 g/mol. The van der Waals surface area contributed by atoms with Crippen LogP contribution in [0.15, 0.2) is 16.8 Å². The van der Waals surface area contributed by atoms with Gasteiger partial charge < -0.3 is 9.84 Å². The van der Waals surface area contributed by atoms with Crippen LogP contribution in [0, 0.1) is 6.92 Å². The molecule has 0 aliphatic rings. The highest BCUT2D eigenvalue weighted by Crippen LogP contribution is 2.19. The molecular weight excluding hydrogens is 252 g/mol. The first-order chi connectivity index (χ1) is 8.56. The number of hydrogen-bond acceptors (Lipinski definition) is 5. The second kappa shape index (κ2) is 5.35. The van der Waals surface area contributed by atoms with Crippen molar-refractivity contribution in [1.82, 2.24) is 15.1 Å². The molecule has 0 atom stereocenters. The Morgan fingerprint density at radius 2 is 2.22 bits per heavy atom. The second-order valence-electron chi connectivity index (χ2n) is 4.34. The first-order valence-corrected chi connectivity index (χ1v) is 6.12. The van der Waals surface area contributed by atoms with Crippen LogP contribution in [0.3, 0.4) is 0 Å². The Labute approximate surface area is 111 Å². The number of nitrogens with one attached hydrogen (secondary N) is 1. The zero-order valence-corrected chi connectivity index (χ0v) is 11.3. The molecule has 0 radical (unpaired) electrons. The maximum absolute atomic E-state index is 5.99. The monoisotopic (exact) mass is 266 g/mol. The lowest BCUT2D eigenvalue weighted by Crippen LogP contribution is -2.03. The van der Waals surface area contributed by atoms with E-state index in [0.29, 0.717) is 29.1 Å². The summed E-state index contributed by atoms with van der Waals surface area (Å²) < 4.78 is 5.21. The fourth-order valence-electron chi connectivity index (χ4n) is 1.44. The highest BCUT2D eigenvalue weighted by Gasteiger charge is 2.09. The number of aryl methyl sites for hydroxylation is 1. The summed E-state index contributed by atoms with van der Waals surface area (Å²) in [6.45, 7) is 6.45. The molecule has 0 saturated heterocycles. The Hall–Kier alpha value is -1.62. The van der Waals surface area contributed by atoms with E-state index in [1.807, 2.05) is 13.0 Å². The van der Waals surface area contributed by atoms with Gasteiger partial charge in [-0.25, -0.2) is 9.97 Å². The van der Waals surface area contributed by atoms with Crippen LogP contribution in [0.2, 0.25) is 5.02 Å². The highest BCUT2D eigenvalue weighted by atomic mass is 35.5. The van der Waals surface area contributed by atoms with Crippen molar-refractivity contribution in [2.45, 2.75) is 33.2 Å². The van der Waals surface area contributed by atoms with Gasteiger partial charge in [0.2, 0.25) is 0 Å². The molecule has 0 amide bonds. The van der Waals surface area contributed by atoms with Crippen molar-refractivity contribution in [3.8, 4) is 0 Å². The van der Waals surface area contributed by atoms with Gasteiger partial charge in [-0.1, -0.05) is 30.6 Å². The second-order valence-corrected chi connectivity index (χ2v) is 4.75. The van der Waals surface area contributed by atoms with E-state index >= 15 is 0 Å². The van der Waals surface area contributed by atoms with E-state index in [1.54, 1.807) is 6.20 Å². The van der Waals surface area contributed by atoms with E-state index in [1.165, 1.54) is 0 Å². The summed E-state index contributed by atoms with van der Waals surface area (Å²) in [6, 6.07) is 1.93. The Morgan fingerprint density at radius 3 is 2.89 bits per heavy atom. The number of aromatic nitrogens is 3. The summed E-state index contributed by atoms with van der Waals surface area (Å²) in [7, 11) is 0. The standard InChI is InChI=1S/C12H15ClN4O/c1-7(2)11-4-9(17-18-11)5-15-12-10(13)6-14-8(3)16-12/h4,6-7H,5H2,1-3H3,(H,14,15,16). The minimum absolute atomic E-state index is 0.330. The Balaban J connectivity index is 2.04. The van der Waals surface area contributed by atoms with Crippen LogP contribution >= 0.6 is 11.6 Å². The van der Waals surface area contributed by atoms with Crippen LogP contribution in [0.25, 0.3) is 0 Å². The van der Waals surface area contributed by atoms with Crippen LogP contribution in [0.5, 0.6) is 0 Å². The molecule has 2 rings (SSSR count). The molecule has 96 valence electrons. The molecule has 6 heteroatoms. The average Bonchev–Trinajstić information content (AvgIpc) is 2.79. The lowest BCUT2D eigenvalue weighted by Gasteiger charge is -2.05. The van der Waals surface area contributed by atoms with Gasteiger partial charge in [-0.3, -0.25) is 0 Å². The van der Waals surface area contributed by atoms with Crippen molar-refractivity contribution < 1.29 is 4.52 Å². The minimum atomic E-state index is 0.330. The van der Waals surface area contributed by atoms with E-state index in [4.69, 9.17) is 16.1 Å². The molecule has 0 bridgehead atoms. The van der Waals surface area contributed by atoms with Crippen molar-refractivity contribution in [1.29, 1.82) is 0 Å². The van der Waals surface area contributed by atoms with E-state index in [9.17, 15) is 0 Å². The van der Waals surface area contributed by atoms with Gasteiger partial charge in [0.1, 0.15) is 28.1 Å². The molecule has 18 heavy (non-hydrogen) atoms. The third-order valence-electron chi connectivity index (χ3n) is 2.45. The summed E-state index contributed by atoms with van der Waals surface area (Å²) >= 11 is 5.99. The van der Waals surface area contributed by atoms with Crippen LogP contribution in [0.1, 0.15) is 37.0 Å². The highest BCUT2D eigenvalue weighted by molar-refractivity contribution is 6.32. The van der Waals surface area contributed by atoms with Gasteiger partial charge in [0, 0.05) is 12.0 Å². The van der Waals surface area contributed by atoms with Crippen LogP contribution < -0.4 is 5.32 Å². The fraction of sp³-hybridized carbons (Fsp3) is 0.417. The fourth-order valence-corrected chi connectivity index (χ4v) is 1.60. The van der Waals surface area contributed by atoms with Gasteiger partial charge in [0.05, 0.1) is 12.7 Å². The molecular formula is C12H15ClN4O. The Kier molecular flexibility index (Phi) is 3.81. The van der Waals surface area contributed by atoms with Gasteiger partial charge in [0.25, 0.3) is 0 Å². The molecule has 0 fully saturated rings. The summed E-state index contributed by atoms with van der Waals surface area (Å²) in [4.78, 5) is 8.22. The van der Waals surface area contributed by atoms with Crippen molar-refractivity contribution in [2.75, 3.05) is 5.32 Å². The topological polar surface area (TPSA) is 63.8 Å². The summed E-state index contributed by atoms with van der Waals surface area (Å²) in [5, 5.41) is 7.59. The van der Waals surface area contributed by atoms with E-state index < -0.39 is 0 Å². The lowest BCUT2D eigenvalue weighted by atomic mass is 10.1. The molecule has 0 aromatic carbocycles. The molecule has 0 aliphatic heterocycles. The predicted molar refractivity (Wildman–Crippen MR) is 69.7 cm³/mol. The molecule has 0 spiro atoms. The van der Waals surface area contributed by atoms with E-state index in [2.05, 4.69) is 34.3 Å². The number of nitrogens with zero attached hydrogens (tertiary/aromatic N) is 3. The molecule has 2 aromatic rings. The van der Waals surface area contributed by atoms with Crippen LogP contribution in [0.4, 0.5) is 5.82 Å². The van der Waals surface area contributed by atoms with Gasteiger partial charge in [0.15, 0.2) is 0 Å². The summed E-state index contributed by atoms with van der Waals surface area (Å²) in [5.41, 5.74) is 0.825. The lowest BCUT2D eigenvalue weighted by molar-refractivity contribution is 0.366. The quantitative estimate of drug-likeness (QED) is 0.921. The number of rotatable bonds is 4. The van der Waals surface area contributed by atoms with Gasteiger partial charge >= 0.3 is 0 Å². The first kappa shape index (κ1) is 12.8. The maximum atomic E-state index is 5.99. The zero-order chi connectivity index (χ0) is 13.1.